The molecule has 2 heterocycles. The van der Waals surface area contributed by atoms with Crippen LogP contribution in [0.15, 0.2) is 24.5 Å². The molecule has 2 amide bonds. The van der Waals surface area contributed by atoms with E-state index < -0.39 is 11.8 Å². The summed E-state index contributed by atoms with van der Waals surface area (Å²) in [7, 11) is 0. The molecule has 1 fully saturated rings. The van der Waals surface area contributed by atoms with Crippen LogP contribution in [0.2, 0.25) is 0 Å². The highest BCUT2D eigenvalue weighted by Gasteiger charge is 2.23. The van der Waals surface area contributed by atoms with Gasteiger partial charge in [0.05, 0.1) is 13.2 Å². The van der Waals surface area contributed by atoms with Gasteiger partial charge in [0.15, 0.2) is 0 Å². The number of morpholine rings is 1. The van der Waals surface area contributed by atoms with E-state index in [1.54, 1.807) is 24.5 Å². The maximum absolute atomic E-state index is 11.8. The van der Waals surface area contributed by atoms with Gasteiger partial charge in [0.2, 0.25) is 0 Å². The summed E-state index contributed by atoms with van der Waals surface area (Å²) in [5, 5.41) is 2.60. The van der Waals surface area contributed by atoms with Crippen LogP contribution < -0.4 is 5.32 Å². The zero-order valence-corrected chi connectivity index (χ0v) is 9.96. The van der Waals surface area contributed by atoms with E-state index >= 15 is 0 Å². The lowest BCUT2D eigenvalue weighted by Gasteiger charge is -2.26. The summed E-state index contributed by atoms with van der Waals surface area (Å²) in [4.78, 5) is 28.8. The van der Waals surface area contributed by atoms with Gasteiger partial charge in [-0.3, -0.25) is 14.6 Å². The Morgan fingerprint density at radius 1 is 1.28 bits per heavy atom. The number of nitrogens with zero attached hydrogens (tertiary/aromatic N) is 2. The average Bonchev–Trinajstić information content (AvgIpc) is 2.46. The smallest absolute Gasteiger partial charge is 0.312 e. The number of aromatic nitrogens is 1. The summed E-state index contributed by atoms with van der Waals surface area (Å²) in [6.45, 7) is 2.26. The van der Waals surface area contributed by atoms with Crippen LogP contribution in [0.1, 0.15) is 5.56 Å². The summed E-state index contributed by atoms with van der Waals surface area (Å²) < 4.78 is 5.13. The minimum absolute atomic E-state index is 0.331. The highest BCUT2D eigenvalue weighted by Crippen LogP contribution is 1.99. The first-order valence-corrected chi connectivity index (χ1v) is 5.81. The van der Waals surface area contributed by atoms with Crippen molar-refractivity contribution < 1.29 is 14.3 Å². The number of ether oxygens (including phenoxy) is 1. The molecule has 1 aromatic heterocycles. The maximum atomic E-state index is 11.8. The molecular formula is C12H15N3O3. The van der Waals surface area contributed by atoms with Crippen LogP contribution in [0.5, 0.6) is 0 Å². The molecule has 0 spiro atoms. The third-order valence-corrected chi connectivity index (χ3v) is 2.69. The molecule has 0 saturated carbocycles. The van der Waals surface area contributed by atoms with Crippen molar-refractivity contribution in [1.82, 2.24) is 15.2 Å². The number of hydrogen-bond donors (Lipinski definition) is 1. The van der Waals surface area contributed by atoms with Crippen LogP contribution in [-0.2, 0) is 20.9 Å². The van der Waals surface area contributed by atoms with Crippen molar-refractivity contribution in [3.05, 3.63) is 30.1 Å². The van der Waals surface area contributed by atoms with Gasteiger partial charge < -0.3 is 15.0 Å². The van der Waals surface area contributed by atoms with Gasteiger partial charge in [-0.2, -0.15) is 0 Å². The molecule has 1 saturated heterocycles. The second kappa shape index (κ2) is 6.11. The van der Waals surface area contributed by atoms with Crippen molar-refractivity contribution in [3.8, 4) is 0 Å². The molecular weight excluding hydrogens is 234 g/mol. The fourth-order valence-corrected chi connectivity index (χ4v) is 1.67. The number of carbonyl (C=O) groups is 2. The molecule has 0 unspecified atom stereocenters. The molecule has 1 aromatic rings. The van der Waals surface area contributed by atoms with E-state index in [4.69, 9.17) is 4.74 Å². The Hall–Kier alpha value is -1.95. The third kappa shape index (κ3) is 3.27. The highest BCUT2D eigenvalue weighted by atomic mass is 16.5. The molecule has 6 heteroatoms. The zero-order valence-electron chi connectivity index (χ0n) is 9.96. The lowest BCUT2D eigenvalue weighted by atomic mass is 10.2. The first-order chi connectivity index (χ1) is 8.77. The Labute approximate surface area is 105 Å². The lowest BCUT2D eigenvalue weighted by molar-refractivity contribution is -0.148. The number of pyridine rings is 1. The first-order valence-electron chi connectivity index (χ1n) is 5.81. The summed E-state index contributed by atoms with van der Waals surface area (Å²) >= 11 is 0. The minimum Gasteiger partial charge on any atom is -0.378 e. The molecule has 1 N–H and O–H groups in total. The number of amides is 2. The summed E-state index contributed by atoms with van der Waals surface area (Å²) in [5.41, 5.74) is 0.910. The first kappa shape index (κ1) is 12.5. The molecule has 1 aliphatic rings. The van der Waals surface area contributed by atoms with Crippen molar-refractivity contribution in [2.24, 2.45) is 0 Å². The van der Waals surface area contributed by atoms with E-state index in [2.05, 4.69) is 10.3 Å². The van der Waals surface area contributed by atoms with E-state index in [-0.39, 0.29) is 0 Å². The fourth-order valence-electron chi connectivity index (χ4n) is 1.67. The Kier molecular flexibility index (Phi) is 4.25. The minimum atomic E-state index is -0.575. The molecule has 2 rings (SSSR count). The molecule has 96 valence electrons. The fraction of sp³-hybridized carbons (Fsp3) is 0.417. The van der Waals surface area contributed by atoms with Crippen LogP contribution in [-0.4, -0.2) is 48.0 Å². The van der Waals surface area contributed by atoms with Crippen LogP contribution in [0.3, 0.4) is 0 Å². The lowest BCUT2D eigenvalue weighted by Crippen LogP contribution is -2.47. The molecule has 6 nitrogen and oxygen atoms in total. The van der Waals surface area contributed by atoms with E-state index in [1.807, 2.05) is 0 Å². The van der Waals surface area contributed by atoms with E-state index in [0.29, 0.717) is 32.8 Å². The van der Waals surface area contributed by atoms with Gasteiger partial charge in [-0.1, -0.05) is 0 Å². The summed E-state index contributed by atoms with van der Waals surface area (Å²) in [6.07, 6.45) is 3.29. The van der Waals surface area contributed by atoms with Gasteiger partial charge >= 0.3 is 11.8 Å². The van der Waals surface area contributed by atoms with Gasteiger partial charge in [0, 0.05) is 32.0 Å². The van der Waals surface area contributed by atoms with Crippen LogP contribution in [0.4, 0.5) is 0 Å². The number of nitrogens with one attached hydrogen (secondary N) is 1. The molecule has 0 aromatic carbocycles. The van der Waals surface area contributed by atoms with Gasteiger partial charge in [-0.25, -0.2) is 0 Å². The van der Waals surface area contributed by atoms with Crippen LogP contribution >= 0.6 is 0 Å². The Bertz CT molecular complexity index is 416. The van der Waals surface area contributed by atoms with E-state index in [1.165, 1.54) is 4.90 Å². The van der Waals surface area contributed by atoms with Gasteiger partial charge in [0.1, 0.15) is 0 Å². The third-order valence-electron chi connectivity index (χ3n) is 2.69. The number of carbonyl (C=O) groups excluding carboxylic acids is 2. The van der Waals surface area contributed by atoms with Gasteiger partial charge in [0.25, 0.3) is 0 Å². The van der Waals surface area contributed by atoms with Crippen molar-refractivity contribution >= 4 is 11.8 Å². The SMILES string of the molecule is O=C(NCc1ccncc1)C(=O)N1CCOCC1. The molecule has 0 aliphatic carbocycles. The monoisotopic (exact) mass is 249 g/mol. The second-order valence-corrected chi connectivity index (χ2v) is 3.94. The van der Waals surface area contributed by atoms with Gasteiger partial charge in [-0.15, -0.1) is 0 Å². The molecule has 0 bridgehead atoms. The number of hydrogen-bond acceptors (Lipinski definition) is 4. The normalized spacial score (nSPS) is 15.2. The maximum Gasteiger partial charge on any atom is 0.312 e. The largest absolute Gasteiger partial charge is 0.378 e. The van der Waals surface area contributed by atoms with E-state index in [9.17, 15) is 9.59 Å². The second-order valence-electron chi connectivity index (χ2n) is 3.94. The van der Waals surface area contributed by atoms with Crippen molar-refractivity contribution in [3.63, 3.8) is 0 Å². The molecule has 1 aliphatic heterocycles. The standard InChI is InChI=1S/C12H15N3O3/c16-11(12(17)15-5-7-18-8-6-15)14-9-10-1-3-13-4-2-10/h1-4H,5-9H2,(H,14,16). The van der Waals surface area contributed by atoms with Crippen molar-refractivity contribution in [2.45, 2.75) is 6.54 Å². The predicted octanol–water partition coefficient (Wildman–Crippen LogP) is -0.443. The highest BCUT2D eigenvalue weighted by molar-refractivity contribution is 6.34. The van der Waals surface area contributed by atoms with E-state index in [0.717, 1.165) is 5.56 Å². The van der Waals surface area contributed by atoms with Crippen molar-refractivity contribution in [2.75, 3.05) is 26.3 Å². The topological polar surface area (TPSA) is 71.5 Å². The van der Waals surface area contributed by atoms with Crippen molar-refractivity contribution in [1.29, 1.82) is 0 Å². The predicted molar refractivity (Wildman–Crippen MR) is 63.5 cm³/mol. The van der Waals surface area contributed by atoms with Crippen LogP contribution in [0.25, 0.3) is 0 Å². The van der Waals surface area contributed by atoms with Gasteiger partial charge in [-0.05, 0) is 17.7 Å². The summed E-state index contributed by atoms with van der Waals surface area (Å²) in [6, 6.07) is 3.58. The molecule has 18 heavy (non-hydrogen) atoms. The zero-order chi connectivity index (χ0) is 12.8. The quantitative estimate of drug-likeness (QED) is 0.721. The average molecular weight is 249 g/mol. The Balaban J connectivity index is 1.82. The Morgan fingerprint density at radius 3 is 2.61 bits per heavy atom. The van der Waals surface area contributed by atoms with Crippen LogP contribution in [0, 0.1) is 0 Å². The number of rotatable bonds is 2. The summed E-state index contributed by atoms with van der Waals surface area (Å²) in [5.74, 6) is -1.07. The molecule has 0 radical (unpaired) electrons. The Morgan fingerprint density at radius 2 is 1.94 bits per heavy atom. The molecule has 0 atom stereocenters.